The number of nitrogens with zero attached hydrogens (tertiary/aromatic N) is 3. The van der Waals surface area contributed by atoms with E-state index in [0.717, 1.165) is 10.8 Å². The first-order valence-corrected chi connectivity index (χ1v) is 7.87. The Balaban J connectivity index is 2.23. The molecule has 142 valence electrons. The Morgan fingerprint density at radius 2 is 2.23 bits per heavy atom. The van der Waals surface area contributed by atoms with E-state index in [1.165, 1.54) is 6.07 Å². The van der Waals surface area contributed by atoms with Crippen molar-refractivity contribution in [2.45, 2.75) is 43.9 Å². The molecule has 0 amide bonds. The second kappa shape index (κ2) is 7.38. The molecule has 0 aliphatic carbocycles. The van der Waals surface area contributed by atoms with E-state index < -0.39 is 48.3 Å². The van der Waals surface area contributed by atoms with E-state index in [4.69, 9.17) is 20.9 Å². The summed E-state index contributed by atoms with van der Waals surface area (Å²) < 4.78 is 11.1. The van der Waals surface area contributed by atoms with Crippen molar-refractivity contribution in [2.75, 3.05) is 12.3 Å². The molecule has 2 rings (SSSR count). The molecule has 1 fully saturated rings. The highest BCUT2D eigenvalue weighted by Gasteiger charge is 2.57. The van der Waals surface area contributed by atoms with Crippen LogP contribution in [0.5, 0.6) is 0 Å². The third-order valence-electron chi connectivity index (χ3n) is 4.16. The van der Waals surface area contributed by atoms with Crippen LogP contribution in [0, 0.1) is 17.2 Å². The quantitative estimate of drug-likeness (QED) is 0.410. The van der Waals surface area contributed by atoms with Crippen LogP contribution in [0.3, 0.4) is 0 Å². The minimum atomic E-state index is -2.24. The van der Waals surface area contributed by atoms with E-state index in [1.807, 2.05) is 0 Å². The highest BCUT2D eigenvalue weighted by atomic mass is 16.6. The molecule has 5 atom stereocenters. The highest BCUT2D eigenvalue weighted by molar-refractivity contribution is 5.75. The monoisotopic (exact) mass is 367 g/mol. The van der Waals surface area contributed by atoms with Crippen LogP contribution in [0.15, 0.2) is 17.1 Å². The number of carbonyl (C=O) groups excluding carboxylic acids is 1. The number of aliphatic hydroxyl groups excluding tert-OH is 2. The van der Waals surface area contributed by atoms with Crippen molar-refractivity contribution in [1.82, 2.24) is 9.55 Å². The molecule has 2 unspecified atom stereocenters. The number of nitriles is 1. The lowest BCUT2D eigenvalue weighted by atomic mass is 10.0. The lowest BCUT2D eigenvalue weighted by Gasteiger charge is -2.26. The first kappa shape index (κ1) is 19.8. The molecular weight excluding hydrogens is 346 g/mol. The highest BCUT2D eigenvalue weighted by Crippen LogP contribution is 2.34. The van der Waals surface area contributed by atoms with Gasteiger partial charge in [-0.2, -0.15) is 10.2 Å². The molecule has 6 N–H and O–H groups in total. The number of nitrogens with two attached hydrogens (primary N) is 2. The maximum Gasteiger partial charge on any atom is 0.352 e. The number of hydrogen-bond donors (Lipinski definition) is 4. The Morgan fingerprint density at radius 3 is 2.77 bits per heavy atom. The van der Waals surface area contributed by atoms with Crippen LogP contribution in [-0.4, -0.2) is 56.7 Å². The van der Waals surface area contributed by atoms with Crippen molar-refractivity contribution in [3.8, 4) is 6.07 Å². The minimum Gasteiger partial charge on any atom is -0.462 e. The Hall–Kier alpha value is -2.52. The zero-order chi connectivity index (χ0) is 19.6. The van der Waals surface area contributed by atoms with Crippen LogP contribution in [0.4, 0.5) is 5.82 Å². The second-order valence-corrected chi connectivity index (χ2v) is 6.30. The van der Waals surface area contributed by atoms with E-state index in [1.54, 1.807) is 19.9 Å². The van der Waals surface area contributed by atoms with Crippen molar-refractivity contribution in [3.05, 3.63) is 22.7 Å². The molecule has 1 aliphatic heterocycles. The molecule has 2 heterocycles. The molecule has 0 saturated carbocycles. The molecule has 11 heteroatoms. The van der Waals surface area contributed by atoms with Gasteiger partial charge >= 0.3 is 11.7 Å². The Labute approximate surface area is 148 Å². The van der Waals surface area contributed by atoms with Gasteiger partial charge in [-0.15, -0.1) is 0 Å². The van der Waals surface area contributed by atoms with Crippen molar-refractivity contribution in [1.29, 1.82) is 5.26 Å². The van der Waals surface area contributed by atoms with Gasteiger partial charge < -0.3 is 31.2 Å². The summed E-state index contributed by atoms with van der Waals surface area (Å²) in [6.45, 7) is 3.01. The van der Waals surface area contributed by atoms with Crippen molar-refractivity contribution in [3.63, 3.8) is 0 Å². The summed E-state index contributed by atoms with van der Waals surface area (Å²) in [6.07, 6.45) is -3.52. The van der Waals surface area contributed by atoms with Crippen molar-refractivity contribution in [2.24, 2.45) is 11.7 Å². The van der Waals surface area contributed by atoms with Gasteiger partial charge in [0.05, 0.1) is 0 Å². The largest absolute Gasteiger partial charge is 0.462 e. The van der Waals surface area contributed by atoms with Gasteiger partial charge in [-0.1, -0.05) is 13.8 Å². The van der Waals surface area contributed by atoms with Gasteiger partial charge in [0.15, 0.2) is 0 Å². The number of rotatable bonds is 5. The number of aliphatic hydroxyl groups is 2. The Bertz CT molecular complexity index is 775. The number of nitrogen functional groups attached to an aromatic ring is 1. The summed E-state index contributed by atoms with van der Waals surface area (Å²) in [4.78, 5) is 27.3. The van der Waals surface area contributed by atoms with Gasteiger partial charge in [-0.25, -0.2) is 4.79 Å². The van der Waals surface area contributed by atoms with Crippen LogP contribution in [0.25, 0.3) is 0 Å². The summed E-state index contributed by atoms with van der Waals surface area (Å²) >= 11 is 0. The Morgan fingerprint density at radius 1 is 1.58 bits per heavy atom. The maximum absolute atomic E-state index is 12.0. The van der Waals surface area contributed by atoms with Gasteiger partial charge in [0, 0.05) is 6.20 Å². The number of hydrogen-bond acceptors (Lipinski definition) is 10. The molecule has 1 aliphatic rings. The standard InChI is InChI=1S/C15H21N5O6/c1-7(2)10(18)13(23)25-5-8-11(21)12(22)15(6-16,26-8)20-4-3-9(17)19-14(20)24/h3-4,7-8,10-12,21-22H,5,18H2,1-2H3,(H2,17,19,24)/t8-,10-,11?,12?,15-/m1/s1. The average Bonchev–Trinajstić information content (AvgIpc) is 2.84. The summed E-state index contributed by atoms with van der Waals surface area (Å²) in [5.74, 6) is -0.966. The lowest BCUT2D eigenvalue weighted by Crippen LogP contribution is -2.49. The third-order valence-corrected chi connectivity index (χ3v) is 4.16. The number of ether oxygens (including phenoxy) is 2. The van der Waals surface area contributed by atoms with Gasteiger partial charge in [0.1, 0.15) is 42.8 Å². The smallest absolute Gasteiger partial charge is 0.352 e. The van der Waals surface area contributed by atoms with Gasteiger partial charge in [-0.3, -0.25) is 9.36 Å². The Kier molecular flexibility index (Phi) is 5.62. The average molecular weight is 367 g/mol. The molecule has 0 aromatic carbocycles. The summed E-state index contributed by atoms with van der Waals surface area (Å²) in [6, 6.07) is 2.04. The van der Waals surface area contributed by atoms with Crippen LogP contribution in [-0.2, 0) is 20.0 Å². The van der Waals surface area contributed by atoms with E-state index in [9.17, 15) is 25.1 Å². The molecule has 0 spiro atoms. The lowest BCUT2D eigenvalue weighted by molar-refractivity contribution is -0.156. The zero-order valence-corrected chi connectivity index (χ0v) is 14.3. The molecule has 1 aromatic heterocycles. The zero-order valence-electron chi connectivity index (χ0n) is 14.3. The van der Waals surface area contributed by atoms with Crippen molar-refractivity contribution < 1.29 is 24.5 Å². The van der Waals surface area contributed by atoms with E-state index in [2.05, 4.69) is 4.98 Å². The van der Waals surface area contributed by atoms with Crippen LogP contribution >= 0.6 is 0 Å². The van der Waals surface area contributed by atoms with Gasteiger partial charge in [0.25, 0.3) is 5.72 Å². The molecule has 26 heavy (non-hydrogen) atoms. The summed E-state index contributed by atoms with van der Waals surface area (Å²) in [7, 11) is 0. The maximum atomic E-state index is 12.0. The van der Waals surface area contributed by atoms with Gasteiger partial charge in [0.2, 0.25) is 0 Å². The van der Waals surface area contributed by atoms with E-state index in [-0.39, 0.29) is 11.7 Å². The topological polar surface area (TPSA) is 187 Å². The van der Waals surface area contributed by atoms with E-state index in [0.29, 0.717) is 0 Å². The van der Waals surface area contributed by atoms with Gasteiger partial charge in [-0.05, 0) is 12.0 Å². The second-order valence-electron chi connectivity index (χ2n) is 6.30. The first-order chi connectivity index (χ1) is 12.1. The SMILES string of the molecule is CC(C)[C@@H](N)C(=O)OC[C@H]1O[C@@](C#N)(n2ccc(N)nc2=O)C(O)C1O. The fourth-order valence-corrected chi connectivity index (χ4v) is 2.48. The fourth-order valence-electron chi connectivity index (χ4n) is 2.48. The summed E-state index contributed by atoms with van der Waals surface area (Å²) in [5.41, 5.74) is 7.88. The number of aromatic nitrogens is 2. The third kappa shape index (κ3) is 3.40. The van der Waals surface area contributed by atoms with Crippen LogP contribution in [0.1, 0.15) is 13.8 Å². The van der Waals surface area contributed by atoms with Crippen LogP contribution in [0.2, 0.25) is 0 Å². The minimum absolute atomic E-state index is 0.0828. The number of carbonyl (C=O) groups is 1. The first-order valence-electron chi connectivity index (χ1n) is 7.87. The summed E-state index contributed by atoms with van der Waals surface area (Å²) in [5, 5.41) is 30.0. The molecular formula is C15H21N5O6. The molecule has 0 radical (unpaired) electrons. The number of esters is 1. The molecule has 1 aromatic rings. The van der Waals surface area contributed by atoms with Crippen molar-refractivity contribution >= 4 is 11.8 Å². The molecule has 0 bridgehead atoms. The fraction of sp³-hybridized carbons (Fsp3) is 0.600. The van der Waals surface area contributed by atoms with Crippen LogP contribution < -0.4 is 17.2 Å². The molecule has 1 saturated heterocycles. The number of anilines is 1. The van der Waals surface area contributed by atoms with E-state index >= 15 is 0 Å². The molecule has 11 nitrogen and oxygen atoms in total. The predicted molar refractivity (Wildman–Crippen MR) is 87.2 cm³/mol. The normalized spacial score (nSPS) is 29.3. The predicted octanol–water partition coefficient (Wildman–Crippen LogP) is -2.35.